The lowest BCUT2D eigenvalue weighted by Crippen LogP contribution is -2.54. The molecule has 1 aliphatic rings. The Morgan fingerprint density at radius 3 is 2.39 bits per heavy atom. The fourth-order valence-electron chi connectivity index (χ4n) is 3.47. The number of nitrogens with zero attached hydrogens (tertiary/aromatic N) is 2. The van der Waals surface area contributed by atoms with Gasteiger partial charge in [-0.3, -0.25) is 14.5 Å². The van der Waals surface area contributed by atoms with Crippen LogP contribution >= 0.6 is 0 Å². The number of benzene rings is 2. The van der Waals surface area contributed by atoms with Crippen molar-refractivity contribution in [2.24, 2.45) is 5.73 Å². The molecule has 3 rings (SSSR count). The van der Waals surface area contributed by atoms with E-state index in [1.165, 1.54) is 16.7 Å². The standard InChI is InChI=1S/C22H27N5O4/c1-15(28)26-10-11-27(22(30)25-18-6-8-19(31-2)9-7-18)21(26)20(29)24-14-17-5-3-4-16(12-17)13-23/h3-9,12,21H,10-11,13-14,23H2,1-2H3,(H,24,29)(H,25,30). The highest BCUT2D eigenvalue weighted by Crippen LogP contribution is 2.20. The van der Waals surface area contributed by atoms with Gasteiger partial charge < -0.3 is 26.0 Å². The smallest absolute Gasteiger partial charge is 0.323 e. The molecule has 164 valence electrons. The first-order valence-corrected chi connectivity index (χ1v) is 9.97. The van der Waals surface area contributed by atoms with Crippen molar-refractivity contribution in [2.45, 2.75) is 26.2 Å². The van der Waals surface area contributed by atoms with Crippen molar-refractivity contribution in [3.63, 3.8) is 0 Å². The molecule has 2 aromatic carbocycles. The van der Waals surface area contributed by atoms with E-state index in [0.29, 0.717) is 18.0 Å². The molecular weight excluding hydrogens is 398 g/mol. The van der Waals surface area contributed by atoms with Gasteiger partial charge in [0.1, 0.15) is 5.75 Å². The summed E-state index contributed by atoms with van der Waals surface area (Å²) in [4.78, 5) is 40.7. The molecule has 0 spiro atoms. The third-order valence-corrected chi connectivity index (χ3v) is 5.11. The number of carbonyl (C=O) groups excluding carboxylic acids is 3. The Morgan fingerprint density at radius 1 is 1.06 bits per heavy atom. The van der Waals surface area contributed by atoms with Crippen LogP contribution in [-0.4, -0.2) is 54.0 Å². The molecule has 1 aliphatic heterocycles. The molecule has 0 bridgehead atoms. The van der Waals surface area contributed by atoms with Crippen molar-refractivity contribution in [3.05, 3.63) is 59.7 Å². The summed E-state index contributed by atoms with van der Waals surface area (Å²) < 4.78 is 5.11. The largest absolute Gasteiger partial charge is 0.497 e. The first-order chi connectivity index (χ1) is 14.9. The molecule has 9 nitrogen and oxygen atoms in total. The minimum absolute atomic E-state index is 0.252. The summed E-state index contributed by atoms with van der Waals surface area (Å²) in [5.74, 6) is -0.0290. The third kappa shape index (κ3) is 5.32. The lowest BCUT2D eigenvalue weighted by atomic mass is 10.1. The van der Waals surface area contributed by atoms with Crippen molar-refractivity contribution in [1.29, 1.82) is 0 Å². The van der Waals surface area contributed by atoms with Gasteiger partial charge in [0, 0.05) is 38.8 Å². The maximum atomic E-state index is 13.0. The molecule has 4 N–H and O–H groups in total. The van der Waals surface area contributed by atoms with E-state index in [2.05, 4.69) is 10.6 Å². The van der Waals surface area contributed by atoms with Gasteiger partial charge in [-0.15, -0.1) is 0 Å². The molecule has 0 saturated carbocycles. The maximum Gasteiger partial charge on any atom is 0.323 e. The molecule has 9 heteroatoms. The number of rotatable bonds is 6. The van der Waals surface area contributed by atoms with E-state index < -0.39 is 18.1 Å². The molecule has 4 amide bonds. The first kappa shape index (κ1) is 22.1. The highest BCUT2D eigenvalue weighted by Gasteiger charge is 2.41. The number of carbonyl (C=O) groups is 3. The number of urea groups is 1. The number of hydrogen-bond acceptors (Lipinski definition) is 5. The van der Waals surface area contributed by atoms with E-state index in [1.807, 2.05) is 24.3 Å². The molecule has 0 aliphatic carbocycles. The monoisotopic (exact) mass is 425 g/mol. The van der Waals surface area contributed by atoms with Crippen LogP contribution in [0, 0.1) is 0 Å². The summed E-state index contributed by atoms with van der Waals surface area (Å²) in [6.07, 6.45) is -1.02. The molecule has 2 aromatic rings. The number of amides is 4. The van der Waals surface area contributed by atoms with Crippen molar-refractivity contribution < 1.29 is 19.1 Å². The molecule has 31 heavy (non-hydrogen) atoms. The SMILES string of the molecule is COc1ccc(NC(=O)N2CCN(C(C)=O)C2C(=O)NCc2cccc(CN)c2)cc1. The van der Waals surface area contributed by atoms with Gasteiger partial charge in [-0.1, -0.05) is 24.3 Å². The Labute approximate surface area is 181 Å². The predicted molar refractivity (Wildman–Crippen MR) is 116 cm³/mol. The molecule has 1 fully saturated rings. The fraction of sp³-hybridized carbons (Fsp3) is 0.318. The van der Waals surface area contributed by atoms with E-state index in [1.54, 1.807) is 31.4 Å². The first-order valence-electron chi connectivity index (χ1n) is 9.97. The van der Waals surface area contributed by atoms with Gasteiger partial charge in [0.15, 0.2) is 6.17 Å². The van der Waals surface area contributed by atoms with Crippen LogP contribution < -0.4 is 21.1 Å². The molecule has 0 aromatic heterocycles. The van der Waals surface area contributed by atoms with Crippen molar-refractivity contribution in [2.75, 3.05) is 25.5 Å². The molecule has 1 heterocycles. The maximum absolute atomic E-state index is 13.0. The quantitative estimate of drug-likeness (QED) is 0.648. The summed E-state index contributed by atoms with van der Waals surface area (Å²) in [7, 11) is 1.56. The van der Waals surface area contributed by atoms with Crippen LogP contribution in [0.3, 0.4) is 0 Å². The zero-order chi connectivity index (χ0) is 22.4. The Morgan fingerprint density at radius 2 is 1.74 bits per heavy atom. The number of methoxy groups -OCH3 is 1. The summed E-state index contributed by atoms with van der Waals surface area (Å²) in [5.41, 5.74) is 8.07. The van der Waals surface area contributed by atoms with Gasteiger partial charge in [-0.25, -0.2) is 4.79 Å². The van der Waals surface area contributed by atoms with Crippen LogP contribution in [0.5, 0.6) is 5.75 Å². The van der Waals surface area contributed by atoms with Crippen LogP contribution in [0.15, 0.2) is 48.5 Å². The minimum atomic E-state index is -1.02. The van der Waals surface area contributed by atoms with E-state index >= 15 is 0 Å². The number of nitrogens with one attached hydrogen (secondary N) is 2. The average molecular weight is 425 g/mol. The van der Waals surface area contributed by atoms with Crippen LogP contribution in [0.4, 0.5) is 10.5 Å². The number of anilines is 1. The molecule has 1 unspecified atom stereocenters. The van der Waals surface area contributed by atoms with E-state index in [0.717, 1.165) is 11.1 Å². The second-order valence-electron chi connectivity index (χ2n) is 7.18. The second kappa shape index (κ2) is 9.94. The predicted octanol–water partition coefficient (Wildman–Crippen LogP) is 1.49. The second-order valence-corrected chi connectivity index (χ2v) is 7.18. The Hall–Kier alpha value is -3.59. The molecule has 1 saturated heterocycles. The molecule has 1 atom stereocenters. The van der Waals surface area contributed by atoms with Crippen LogP contribution in [0.2, 0.25) is 0 Å². The zero-order valence-electron chi connectivity index (χ0n) is 17.6. The lowest BCUT2D eigenvalue weighted by molar-refractivity contribution is -0.139. The van der Waals surface area contributed by atoms with Gasteiger partial charge in [-0.05, 0) is 35.4 Å². The summed E-state index contributed by atoms with van der Waals surface area (Å²) in [6.45, 7) is 2.59. The third-order valence-electron chi connectivity index (χ3n) is 5.11. The van der Waals surface area contributed by atoms with Gasteiger partial charge in [0.25, 0.3) is 5.91 Å². The highest BCUT2D eigenvalue weighted by molar-refractivity contribution is 5.96. The summed E-state index contributed by atoms with van der Waals surface area (Å²) in [5, 5.41) is 5.60. The summed E-state index contributed by atoms with van der Waals surface area (Å²) in [6, 6.07) is 14.0. The normalized spacial score (nSPS) is 15.5. The number of hydrogen-bond donors (Lipinski definition) is 3. The topological polar surface area (TPSA) is 117 Å². The van der Waals surface area contributed by atoms with Gasteiger partial charge >= 0.3 is 6.03 Å². The highest BCUT2D eigenvalue weighted by atomic mass is 16.5. The molecule has 0 radical (unpaired) electrons. The van der Waals surface area contributed by atoms with Gasteiger partial charge in [0.05, 0.1) is 7.11 Å². The van der Waals surface area contributed by atoms with Crippen molar-refractivity contribution in [3.8, 4) is 5.75 Å². The Balaban J connectivity index is 1.70. The number of nitrogens with two attached hydrogens (primary N) is 1. The van der Waals surface area contributed by atoms with Gasteiger partial charge in [-0.2, -0.15) is 0 Å². The van der Waals surface area contributed by atoms with E-state index in [4.69, 9.17) is 10.5 Å². The zero-order valence-corrected chi connectivity index (χ0v) is 17.6. The average Bonchev–Trinajstić information content (AvgIpc) is 3.24. The van der Waals surface area contributed by atoms with Crippen molar-refractivity contribution >= 4 is 23.5 Å². The summed E-state index contributed by atoms with van der Waals surface area (Å²) >= 11 is 0. The molecular formula is C22H27N5O4. The fourth-order valence-corrected chi connectivity index (χ4v) is 3.47. The van der Waals surface area contributed by atoms with E-state index in [-0.39, 0.29) is 25.5 Å². The van der Waals surface area contributed by atoms with Crippen LogP contribution in [0.25, 0.3) is 0 Å². The number of ether oxygens (including phenoxy) is 1. The Bertz CT molecular complexity index is 947. The van der Waals surface area contributed by atoms with Gasteiger partial charge in [0.2, 0.25) is 5.91 Å². The van der Waals surface area contributed by atoms with E-state index in [9.17, 15) is 14.4 Å². The van der Waals surface area contributed by atoms with Crippen LogP contribution in [-0.2, 0) is 22.7 Å². The minimum Gasteiger partial charge on any atom is -0.497 e. The van der Waals surface area contributed by atoms with Crippen LogP contribution in [0.1, 0.15) is 18.1 Å². The Kier molecular flexibility index (Phi) is 7.09. The lowest BCUT2D eigenvalue weighted by Gasteiger charge is -2.28. The van der Waals surface area contributed by atoms with Crippen molar-refractivity contribution in [1.82, 2.24) is 15.1 Å².